The van der Waals surface area contributed by atoms with Crippen molar-refractivity contribution >= 4 is 27.3 Å². The number of hydrogen-bond acceptors (Lipinski definition) is 5. The summed E-state index contributed by atoms with van der Waals surface area (Å²) in [6.07, 6.45) is -0.524. The third kappa shape index (κ3) is 5.93. The molecule has 4 N–H and O–H groups in total. The predicted octanol–water partition coefficient (Wildman–Crippen LogP) is 0.793. The Kier molecular flexibility index (Phi) is 8.00. The number of anilines is 2. The van der Waals surface area contributed by atoms with Crippen LogP contribution in [0.4, 0.5) is 11.4 Å². The summed E-state index contributed by atoms with van der Waals surface area (Å²) >= 11 is 0. The van der Waals surface area contributed by atoms with Gasteiger partial charge >= 0.3 is 0 Å². The number of sulfonamides is 1. The van der Waals surface area contributed by atoms with Crippen LogP contribution in [-0.2, 0) is 14.8 Å². The Bertz CT molecular complexity index is 917. The Labute approximate surface area is 171 Å². The lowest BCUT2D eigenvalue weighted by Gasteiger charge is -2.23. The molecule has 8 nitrogen and oxygen atoms in total. The number of ether oxygens (including phenoxy) is 1. The minimum Gasteiger partial charge on any atom is -0.495 e. The number of aliphatic hydroxyl groups excluding tert-OH is 1. The van der Waals surface area contributed by atoms with Crippen LogP contribution in [0.15, 0.2) is 53.4 Å². The van der Waals surface area contributed by atoms with Gasteiger partial charge in [0.1, 0.15) is 12.3 Å². The van der Waals surface area contributed by atoms with E-state index >= 15 is 0 Å². The molecule has 2 rings (SSSR count). The largest absolute Gasteiger partial charge is 0.495 e. The van der Waals surface area contributed by atoms with E-state index in [4.69, 9.17) is 4.74 Å². The summed E-state index contributed by atoms with van der Waals surface area (Å²) < 4.78 is 32.9. The minimum absolute atomic E-state index is 0.0484. The minimum atomic E-state index is -3.83. The molecule has 29 heavy (non-hydrogen) atoms. The molecule has 0 unspecified atom stereocenters. The third-order valence-electron chi connectivity index (χ3n) is 4.20. The van der Waals surface area contributed by atoms with Crippen molar-refractivity contribution in [3.05, 3.63) is 48.5 Å². The Morgan fingerprint density at radius 3 is 2.52 bits per heavy atom. The van der Waals surface area contributed by atoms with Gasteiger partial charge < -0.3 is 20.5 Å². The molecule has 0 aliphatic carbocycles. The zero-order chi connectivity index (χ0) is 21.4. The molecule has 2 aromatic rings. The van der Waals surface area contributed by atoms with E-state index in [1.165, 1.54) is 29.6 Å². The van der Waals surface area contributed by atoms with Gasteiger partial charge in [0.15, 0.2) is 6.54 Å². The number of quaternary nitrogens is 1. The van der Waals surface area contributed by atoms with Crippen LogP contribution in [0.3, 0.4) is 0 Å². The first-order chi connectivity index (χ1) is 13.8. The number of methoxy groups -OCH3 is 1. The highest BCUT2D eigenvalue weighted by atomic mass is 32.2. The summed E-state index contributed by atoms with van der Waals surface area (Å²) in [6, 6.07) is 13.2. The molecule has 1 atom stereocenters. The number of para-hydroxylation sites is 1. The normalized spacial score (nSPS) is 12.3. The van der Waals surface area contributed by atoms with Crippen LogP contribution in [-0.4, -0.2) is 52.3 Å². The van der Waals surface area contributed by atoms with E-state index < -0.39 is 16.1 Å². The first-order valence-corrected chi connectivity index (χ1v) is 10.8. The van der Waals surface area contributed by atoms with Gasteiger partial charge in [0.2, 0.25) is 0 Å². The molecule has 9 heteroatoms. The van der Waals surface area contributed by atoms with Gasteiger partial charge in [-0.1, -0.05) is 18.2 Å². The number of nitrogens with two attached hydrogens (primary N) is 1. The number of nitrogens with zero attached hydrogens (tertiary/aromatic N) is 1. The van der Waals surface area contributed by atoms with E-state index in [0.717, 1.165) is 0 Å². The number of nitrogens with one attached hydrogen (secondary N) is 1. The number of benzene rings is 2. The SMILES string of the molecule is CCN(c1ccccc1)S(=O)(=O)c1ccc(OC)c(NC(=O)C[NH2+]C[C@@H](C)O)c1. The van der Waals surface area contributed by atoms with Crippen LogP contribution >= 0.6 is 0 Å². The Morgan fingerprint density at radius 2 is 1.93 bits per heavy atom. The highest BCUT2D eigenvalue weighted by Gasteiger charge is 2.25. The van der Waals surface area contributed by atoms with Crippen molar-refractivity contribution < 1.29 is 28.4 Å². The van der Waals surface area contributed by atoms with E-state index in [-0.39, 0.29) is 29.6 Å². The monoisotopic (exact) mass is 422 g/mol. The molecule has 0 saturated heterocycles. The standard InChI is InChI=1S/C20H27N3O5S/c1-4-23(16-8-6-5-7-9-16)29(26,27)17-10-11-19(28-3)18(12-17)22-20(25)14-21-13-15(2)24/h5-12,15,21,24H,4,13-14H2,1-3H3,(H,22,25)/p+1/t15-/m1/s1. The summed E-state index contributed by atoms with van der Waals surface area (Å²) in [6.45, 7) is 4.14. The number of rotatable bonds is 10. The van der Waals surface area contributed by atoms with Crippen molar-refractivity contribution in [2.45, 2.75) is 24.8 Å². The van der Waals surface area contributed by atoms with Crippen molar-refractivity contribution in [3.63, 3.8) is 0 Å². The molecular formula is C20H28N3O5S+. The first-order valence-electron chi connectivity index (χ1n) is 9.35. The average Bonchev–Trinajstić information content (AvgIpc) is 2.68. The number of carbonyl (C=O) groups is 1. The van der Waals surface area contributed by atoms with Crippen LogP contribution in [0.5, 0.6) is 5.75 Å². The fraction of sp³-hybridized carbons (Fsp3) is 0.350. The first kappa shape index (κ1) is 22.7. The molecule has 0 radical (unpaired) electrons. The fourth-order valence-corrected chi connectivity index (χ4v) is 4.32. The average molecular weight is 423 g/mol. The Morgan fingerprint density at radius 1 is 1.24 bits per heavy atom. The van der Waals surface area contributed by atoms with Gasteiger partial charge in [-0.2, -0.15) is 0 Å². The summed E-state index contributed by atoms with van der Waals surface area (Å²) in [5.74, 6) is 0.0319. The topological polar surface area (TPSA) is 113 Å². The molecule has 0 saturated carbocycles. The molecule has 0 heterocycles. The predicted molar refractivity (Wildman–Crippen MR) is 112 cm³/mol. The van der Waals surface area contributed by atoms with E-state index in [9.17, 15) is 18.3 Å². The molecular weight excluding hydrogens is 394 g/mol. The number of hydrogen-bond donors (Lipinski definition) is 3. The molecule has 0 bridgehead atoms. The van der Waals surface area contributed by atoms with Crippen LogP contribution in [0.1, 0.15) is 13.8 Å². The zero-order valence-electron chi connectivity index (χ0n) is 16.8. The Hall–Kier alpha value is -2.62. The van der Waals surface area contributed by atoms with Crippen LogP contribution in [0.2, 0.25) is 0 Å². The van der Waals surface area contributed by atoms with Crippen molar-refractivity contribution in [2.75, 3.05) is 36.4 Å². The molecule has 0 fully saturated rings. The van der Waals surface area contributed by atoms with Gasteiger partial charge in [-0.15, -0.1) is 0 Å². The summed E-state index contributed by atoms with van der Waals surface area (Å²) in [4.78, 5) is 12.2. The summed E-state index contributed by atoms with van der Waals surface area (Å²) in [5.41, 5.74) is 0.831. The summed E-state index contributed by atoms with van der Waals surface area (Å²) in [7, 11) is -2.38. The highest BCUT2D eigenvalue weighted by Crippen LogP contribution is 2.30. The van der Waals surface area contributed by atoms with Gasteiger partial charge in [0.25, 0.3) is 15.9 Å². The van der Waals surface area contributed by atoms with Gasteiger partial charge in [0.05, 0.1) is 29.5 Å². The van der Waals surface area contributed by atoms with Gasteiger partial charge in [-0.25, -0.2) is 8.42 Å². The molecule has 0 spiro atoms. The maximum absolute atomic E-state index is 13.2. The molecule has 0 aliphatic rings. The number of amides is 1. The van der Waals surface area contributed by atoms with Gasteiger partial charge in [-0.05, 0) is 44.2 Å². The maximum Gasteiger partial charge on any atom is 0.279 e. The van der Waals surface area contributed by atoms with E-state index in [1.807, 2.05) is 6.07 Å². The number of carbonyl (C=O) groups excluding carboxylic acids is 1. The molecule has 2 aromatic carbocycles. The van der Waals surface area contributed by atoms with Crippen LogP contribution < -0.4 is 19.7 Å². The second kappa shape index (κ2) is 10.2. The fourth-order valence-electron chi connectivity index (χ4n) is 2.81. The van der Waals surface area contributed by atoms with Gasteiger partial charge in [0, 0.05) is 6.54 Å². The second-order valence-corrected chi connectivity index (χ2v) is 8.36. The molecule has 1 amide bonds. The lowest BCUT2D eigenvalue weighted by atomic mass is 10.3. The quantitative estimate of drug-likeness (QED) is 0.524. The van der Waals surface area contributed by atoms with Crippen molar-refractivity contribution in [1.29, 1.82) is 0 Å². The molecule has 0 aliphatic heterocycles. The molecule has 158 valence electrons. The van der Waals surface area contributed by atoms with Crippen LogP contribution in [0, 0.1) is 0 Å². The maximum atomic E-state index is 13.2. The Balaban J connectivity index is 2.29. The van der Waals surface area contributed by atoms with Crippen molar-refractivity contribution in [3.8, 4) is 5.75 Å². The van der Waals surface area contributed by atoms with E-state index in [0.29, 0.717) is 18.0 Å². The second-order valence-electron chi connectivity index (χ2n) is 6.49. The lowest BCUT2D eigenvalue weighted by Crippen LogP contribution is -2.88. The van der Waals surface area contributed by atoms with Crippen molar-refractivity contribution in [1.82, 2.24) is 0 Å². The highest BCUT2D eigenvalue weighted by molar-refractivity contribution is 7.92. The van der Waals surface area contributed by atoms with Gasteiger partial charge in [-0.3, -0.25) is 9.10 Å². The van der Waals surface area contributed by atoms with Crippen LogP contribution in [0.25, 0.3) is 0 Å². The lowest BCUT2D eigenvalue weighted by molar-refractivity contribution is -0.649. The van der Waals surface area contributed by atoms with E-state index in [2.05, 4.69) is 5.32 Å². The molecule has 0 aromatic heterocycles. The summed E-state index contributed by atoms with van der Waals surface area (Å²) in [5, 5.41) is 13.6. The van der Waals surface area contributed by atoms with Crippen molar-refractivity contribution in [2.24, 2.45) is 0 Å². The smallest absolute Gasteiger partial charge is 0.279 e. The zero-order valence-corrected chi connectivity index (χ0v) is 17.6. The third-order valence-corrected chi connectivity index (χ3v) is 6.10. The number of aliphatic hydroxyl groups is 1. The van der Waals surface area contributed by atoms with E-state index in [1.54, 1.807) is 43.4 Å².